The lowest BCUT2D eigenvalue weighted by Crippen LogP contribution is -2.50. The summed E-state index contributed by atoms with van der Waals surface area (Å²) in [6.07, 6.45) is 1.88. The van der Waals surface area contributed by atoms with Crippen molar-refractivity contribution in [3.63, 3.8) is 0 Å². The maximum atomic E-state index is 5.94. The van der Waals surface area contributed by atoms with E-state index in [1.807, 2.05) is 12.3 Å². The molecule has 2 atom stereocenters. The second-order valence-corrected chi connectivity index (χ2v) is 5.88. The van der Waals surface area contributed by atoms with Crippen molar-refractivity contribution in [3.05, 3.63) is 42.1 Å². The third-order valence-corrected chi connectivity index (χ3v) is 4.26. The Morgan fingerprint density at radius 2 is 2.24 bits per heavy atom. The summed E-state index contributed by atoms with van der Waals surface area (Å²) in [6, 6.07) is 11.2. The van der Waals surface area contributed by atoms with Gasteiger partial charge in [-0.2, -0.15) is 0 Å². The molecule has 0 bridgehead atoms. The van der Waals surface area contributed by atoms with Crippen LogP contribution >= 0.6 is 0 Å². The number of morpholine rings is 1. The van der Waals surface area contributed by atoms with Crippen LogP contribution in [0.25, 0.3) is 10.9 Å². The number of nitrogens with two attached hydrogens (primary N) is 1. The molecule has 3 rings (SSSR count). The molecule has 1 saturated heterocycles. The van der Waals surface area contributed by atoms with Crippen LogP contribution in [0.15, 0.2) is 36.5 Å². The molecule has 0 amide bonds. The molecule has 2 aromatic rings. The van der Waals surface area contributed by atoms with Crippen molar-refractivity contribution < 1.29 is 4.74 Å². The van der Waals surface area contributed by atoms with Gasteiger partial charge in [0.05, 0.1) is 24.3 Å². The lowest BCUT2D eigenvalue weighted by molar-refractivity contribution is -0.0788. The Hall–Kier alpha value is -1.49. The van der Waals surface area contributed by atoms with E-state index in [-0.39, 0.29) is 12.1 Å². The minimum Gasteiger partial charge on any atom is -0.374 e. The normalized spacial score (nSPS) is 23.8. The fourth-order valence-electron chi connectivity index (χ4n) is 3.21. The second kappa shape index (κ2) is 6.10. The molecule has 0 radical (unpaired) electrons. The zero-order valence-electron chi connectivity index (χ0n) is 12.7. The molecule has 1 aromatic heterocycles. The van der Waals surface area contributed by atoms with Gasteiger partial charge in [0.1, 0.15) is 0 Å². The standard InChI is InChI=1S/C17H23N3O/c1-12(2)20-8-9-21-16(11-18)17(20)14-5-6-15-13(10-14)4-3-7-19-15/h3-7,10,12,16-17H,8-9,11,18H2,1-2H3. The van der Waals surface area contributed by atoms with Gasteiger partial charge in [-0.1, -0.05) is 12.1 Å². The summed E-state index contributed by atoms with van der Waals surface area (Å²) in [5, 5.41) is 1.17. The van der Waals surface area contributed by atoms with Gasteiger partial charge >= 0.3 is 0 Å². The predicted molar refractivity (Wildman–Crippen MR) is 85.1 cm³/mol. The first-order chi connectivity index (χ1) is 10.2. The van der Waals surface area contributed by atoms with Crippen molar-refractivity contribution in [1.29, 1.82) is 0 Å². The maximum Gasteiger partial charge on any atom is 0.0894 e. The first-order valence-corrected chi connectivity index (χ1v) is 7.63. The lowest BCUT2D eigenvalue weighted by atomic mass is 9.95. The monoisotopic (exact) mass is 285 g/mol. The molecule has 1 fully saturated rings. The minimum absolute atomic E-state index is 0.0512. The molecule has 4 heteroatoms. The predicted octanol–water partition coefficient (Wildman–Crippen LogP) is 2.34. The van der Waals surface area contributed by atoms with Crippen LogP contribution in [0.2, 0.25) is 0 Å². The van der Waals surface area contributed by atoms with Crippen LogP contribution < -0.4 is 5.73 Å². The van der Waals surface area contributed by atoms with E-state index in [1.54, 1.807) is 0 Å². The molecule has 4 nitrogen and oxygen atoms in total. The number of nitrogens with zero attached hydrogens (tertiary/aromatic N) is 2. The van der Waals surface area contributed by atoms with Crippen LogP contribution in [0.1, 0.15) is 25.5 Å². The SMILES string of the molecule is CC(C)N1CCOC(CN)C1c1ccc2ncccc2c1. The summed E-state index contributed by atoms with van der Waals surface area (Å²) in [5.74, 6) is 0. The molecule has 112 valence electrons. The van der Waals surface area contributed by atoms with Crippen LogP contribution in [0.5, 0.6) is 0 Å². The van der Waals surface area contributed by atoms with E-state index in [0.717, 1.165) is 18.7 Å². The van der Waals surface area contributed by atoms with Crippen molar-refractivity contribution >= 4 is 10.9 Å². The molecule has 2 heterocycles. The molecular formula is C17H23N3O. The Morgan fingerprint density at radius 3 is 3.00 bits per heavy atom. The third kappa shape index (κ3) is 2.79. The van der Waals surface area contributed by atoms with Gasteiger partial charge in [0.2, 0.25) is 0 Å². The Balaban J connectivity index is 2.02. The number of benzene rings is 1. The Bertz CT molecular complexity index is 614. The van der Waals surface area contributed by atoms with E-state index >= 15 is 0 Å². The molecular weight excluding hydrogens is 262 g/mol. The molecule has 1 aliphatic rings. The molecule has 0 spiro atoms. The molecule has 2 N–H and O–H groups in total. The van der Waals surface area contributed by atoms with Gasteiger partial charge in [-0.15, -0.1) is 0 Å². The van der Waals surface area contributed by atoms with Gasteiger partial charge in [-0.05, 0) is 37.6 Å². The number of pyridine rings is 1. The summed E-state index contributed by atoms with van der Waals surface area (Å²) in [6.45, 7) is 6.71. The third-order valence-electron chi connectivity index (χ3n) is 4.26. The second-order valence-electron chi connectivity index (χ2n) is 5.88. The largest absolute Gasteiger partial charge is 0.374 e. The number of fused-ring (bicyclic) bond motifs is 1. The van der Waals surface area contributed by atoms with Crippen LogP contribution in [-0.2, 0) is 4.74 Å². The smallest absolute Gasteiger partial charge is 0.0894 e. The van der Waals surface area contributed by atoms with E-state index in [9.17, 15) is 0 Å². The summed E-state index contributed by atoms with van der Waals surface area (Å²) in [4.78, 5) is 6.88. The zero-order valence-corrected chi connectivity index (χ0v) is 12.7. The Kier molecular flexibility index (Phi) is 4.19. The fourth-order valence-corrected chi connectivity index (χ4v) is 3.21. The van der Waals surface area contributed by atoms with Gasteiger partial charge in [0.15, 0.2) is 0 Å². The van der Waals surface area contributed by atoms with Crippen molar-refractivity contribution in [2.45, 2.75) is 32.0 Å². The number of hydrogen-bond acceptors (Lipinski definition) is 4. The quantitative estimate of drug-likeness (QED) is 0.940. The first kappa shape index (κ1) is 14.4. The minimum atomic E-state index is 0.0512. The van der Waals surface area contributed by atoms with Gasteiger partial charge in [0.25, 0.3) is 0 Å². The van der Waals surface area contributed by atoms with Crippen LogP contribution in [-0.4, -0.2) is 41.7 Å². The van der Waals surface area contributed by atoms with E-state index in [2.05, 4.69) is 48.0 Å². The molecule has 1 aliphatic heterocycles. The molecule has 21 heavy (non-hydrogen) atoms. The van der Waals surface area contributed by atoms with Crippen LogP contribution in [0.4, 0.5) is 0 Å². The molecule has 0 aliphatic carbocycles. The van der Waals surface area contributed by atoms with Crippen LogP contribution in [0.3, 0.4) is 0 Å². The van der Waals surface area contributed by atoms with Crippen LogP contribution in [0, 0.1) is 0 Å². The first-order valence-electron chi connectivity index (χ1n) is 7.63. The van der Waals surface area contributed by atoms with Crippen molar-refractivity contribution in [3.8, 4) is 0 Å². The number of aromatic nitrogens is 1. The fraction of sp³-hybridized carbons (Fsp3) is 0.471. The molecule has 1 aromatic carbocycles. The number of ether oxygens (including phenoxy) is 1. The highest BCUT2D eigenvalue weighted by molar-refractivity contribution is 5.79. The number of hydrogen-bond donors (Lipinski definition) is 1. The summed E-state index contributed by atoms with van der Waals surface area (Å²) >= 11 is 0. The highest BCUT2D eigenvalue weighted by atomic mass is 16.5. The highest BCUT2D eigenvalue weighted by Crippen LogP contribution is 2.32. The van der Waals surface area contributed by atoms with Gasteiger partial charge in [-0.25, -0.2) is 0 Å². The zero-order chi connectivity index (χ0) is 14.8. The summed E-state index contributed by atoms with van der Waals surface area (Å²) in [5.41, 5.74) is 8.23. The van der Waals surface area contributed by atoms with E-state index in [1.165, 1.54) is 10.9 Å². The molecule has 2 unspecified atom stereocenters. The average Bonchev–Trinajstić information content (AvgIpc) is 2.53. The summed E-state index contributed by atoms with van der Waals surface area (Å²) < 4.78 is 5.90. The maximum absolute atomic E-state index is 5.94. The molecule has 0 saturated carbocycles. The van der Waals surface area contributed by atoms with Crippen molar-refractivity contribution in [1.82, 2.24) is 9.88 Å². The Labute approximate surface area is 125 Å². The van der Waals surface area contributed by atoms with Crippen molar-refractivity contribution in [2.24, 2.45) is 5.73 Å². The highest BCUT2D eigenvalue weighted by Gasteiger charge is 2.34. The van der Waals surface area contributed by atoms with E-state index < -0.39 is 0 Å². The Morgan fingerprint density at radius 1 is 1.38 bits per heavy atom. The average molecular weight is 285 g/mol. The van der Waals surface area contributed by atoms with Gasteiger partial charge in [-0.3, -0.25) is 9.88 Å². The topological polar surface area (TPSA) is 51.4 Å². The van der Waals surface area contributed by atoms with Gasteiger partial charge < -0.3 is 10.5 Å². The van der Waals surface area contributed by atoms with E-state index in [4.69, 9.17) is 10.5 Å². The summed E-state index contributed by atoms with van der Waals surface area (Å²) in [7, 11) is 0. The lowest BCUT2D eigenvalue weighted by Gasteiger charge is -2.43. The van der Waals surface area contributed by atoms with E-state index in [0.29, 0.717) is 12.6 Å². The van der Waals surface area contributed by atoms with Crippen molar-refractivity contribution in [2.75, 3.05) is 19.7 Å². The number of rotatable bonds is 3. The van der Waals surface area contributed by atoms with Gasteiger partial charge in [0, 0.05) is 30.7 Å².